The van der Waals surface area contributed by atoms with Gasteiger partial charge in [-0.3, -0.25) is 0 Å². The first kappa shape index (κ1) is 4.43. The molecule has 0 spiro atoms. The van der Waals surface area contributed by atoms with Crippen molar-refractivity contribution in [3.05, 3.63) is 18.0 Å². The van der Waals surface area contributed by atoms with Crippen LogP contribution in [-0.2, 0) is 0 Å². The van der Waals surface area contributed by atoms with E-state index in [4.69, 9.17) is 0 Å². The maximum absolute atomic E-state index is 4.19. The van der Waals surface area contributed by atoms with E-state index < -0.39 is 0 Å². The van der Waals surface area contributed by atoms with E-state index in [1.807, 2.05) is 0 Å². The lowest BCUT2D eigenvalue weighted by Gasteiger charge is -1.25. The Bertz CT molecular complexity index is 95.6. The Morgan fingerprint density at radius 2 is 2.20 bits per heavy atom. The summed E-state index contributed by atoms with van der Waals surface area (Å²) < 4.78 is 0. The molecule has 0 heterocycles. The summed E-state index contributed by atoms with van der Waals surface area (Å²) in [5.74, 6) is 0. The molecule has 0 aromatic heterocycles. The molecule has 0 aliphatic heterocycles. The van der Waals surface area contributed by atoms with Crippen LogP contribution < -0.4 is 0 Å². The molecule has 0 aromatic rings. The molecule has 0 nitrogen and oxygen atoms in total. The third kappa shape index (κ3) is 3.43. The molecule has 0 saturated carbocycles. The smallest absolute Gasteiger partial charge is 0.0141 e. The van der Waals surface area contributed by atoms with E-state index in [0.717, 1.165) is 0 Å². The molecule has 0 unspecified atom stereocenters. The summed E-state index contributed by atoms with van der Waals surface area (Å²) in [5, 5.41) is 2.18. The molecule has 0 aromatic carbocycles. The first-order chi connectivity index (χ1) is 2.41. The van der Waals surface area contributed by atoms with Crippen molar-refractivity contribution >= 4 is 17.2 Å². The zero-order valence-electron chi connectivity index (χ0n) is 2.62. The summed E-state index contributed by atoms with van der Waals surface area (Å²) in [6.45, 7) is 3.19. The topological polar surface area (TPSA) is 0 Å². The van der Waals surface area contributed by atoms with Gasteiger partial charge in [0.2, 0.25) is 0 Å². The van der Waals surface area contributed by atoms with Crippen LogP contribution in [0, 0.1) is 0 Å². The van der Waals surface area contributed by atoms with Crippen LogP contribution in [0.15, 0.2) is 18.0 Å². The minimum atomic E-state index is 2.18. The molecule has 1 heteroatoms. The highest BCUT2D eigenvalue weighted by atomic mass is 32.1. The predicted molar refractivity (Wildman–Crippen MR) is 25.3 cm³/mol. The third-order valence-electron chi connectivity index (χ3n) is 0.139. The van der Waals surface area contributed by atoms with Crippen LogP contribution in [0.2, 0.25) is 0 Å². The zero-order valence-corrected chi connectivity index (χ0v) is 3.43. The van der Waals surface area contributed by atoms with Crippen molar-refractivity contribution in [3.63, 3.8) is 0 Å². The van der Waals surface area contributed by atoms with Gasteiger partial charge in [0.25, 0.3) is 0 Å². The average molecular weight is 82.1 g/mol. The van der Waals surface area contributed by atoms with Gasteiger partial charge >= 0.3 is 0 Å². The highest BCUT2D eigenvalue weighted by molar-refractivity contribution is 7.78. The van der Waals surface area contributed by atoms with Crippen molar-refractivity contribution in [1.82, 2.24) is 0 Å². The van der Waals surface area contributed by atoms with E-state index in [1.54, 1.807) is 0 Å². The fourth-order valence-electron chi connectivity index (χ4n) is 0.0361. The Balaban J connectivity index is 4.38. The van der Waals surface area contributed by atoms with Gasteiger partial charge in [-0.15, -0.1) is 0 Å². The minimum Gasteiger partial charge on any atom is -0.0685 e. The molecule has 0 aliphatic rings. The lowest BCUT2D eigenvalue weighted by atomic mass is 10.9. The quantitative estimate of drug-likeness (QED) is 0.311. The Kier molecular flexibility index (Phi) is 3.04. The standard InChI is InChI=1S/C4H2S/c1-2-3-4-5/h1H2. The van der Waals surface area contributed by atoms with Gasteiger partial charge in [-0.25, -0.2) is 0 Å². The van der Waals surface area contributed by atoms with Crippen molar-refractivity contribution < 1.29 is 0 Å². The van der Waals surface area contributed by atoms with Crippen LogP contribution in [0.3, 0.4) is 0 Å². The zero-order chi connectivity index (χ0) is 4.12. The summed E-state index contributed by atoms with van der Waals surface area (Å²) in [4.78, 5) is 0. The van der Waals surface area contributed by atoms with Gasteiger partial charge < -0.3 is 0 Å². The first-order valence-corrected chi connectivity index (χ1v) is 1.47. The average Bonchev–Trinajstić information content (AvgIpc) is 1.41. The molecule has 0 atom stereocenters. The van der Waals surface area contributed by atoms with Crippen molar-refractivity contribution in [2.75, 3.05) is 0 Å². The largest absolute Gasteiger partial charge is 0.0685 e. The fraction of sp³-hybridized carbons (Fsp3) is 0. The predicted octanol–water partition coefficient (Wildman–Crippen LogP) is 1.08. The van der Waals surface area contributed by atoms with Gasteiger partial charge in [-0.1, -0.05) is 5.73 Å². The molecule has 0 radical (unpaired) electrons. The van der Waals surface area contributed by atoms with Gasteiger partial charge in [0.15, 0.2) is 0 Å². The lowest BCUT2D eigenvalue weighted by Crippen LogP contribution is -1.17. The van der Waals surface area contributed by atoms with Gasteiger partial charge in [0, 0.05) is 5.02 Å². The van der Waals surface area contributed by atoms with Crippen LogP contribution in [0.1, 0.15) is 0 Å². The minimum absolute atomic E-state index is 2.18. The molecular formula is C4H2S. The van der Waals surface area contributed by atoms with Crippen molar-refractivity contribution in [2.24, 2.45) is 0 Å². The van der Waals surface area contributed by atoms with E-state index in [1.165, 1.54) is 0 Å². The summed E-state index contributed by atoms with van der Waals surface area (Å²) in [6.07, 6.45) is 0. The molecule has 0 N–H and O–H groups in total. The molecule has 0 saturated heterocycles. The number of thiocarbonyl (C=S) groups is 1. The Hall–Kier alpha value is -0.570. The molecular weight excluding hydrogens is 80.1 g/mol. The van der Waals surface area contributed by atoms with Gasteiger partial charge in [0.05, 0.1) is 0 Å². The van der Waals surface area contributed by atoms with Crippen molar-refractivity contribution in [2.45, 2.75) is 0 Å². The maximum Gasteiger partial charge on any atom is 0.0141 e. The SMILES string of the molecule is C=C=C=C=S. The van der Waals surface area contributed by atoms with E-state index >= 15 is 0 Å². The van der Waals surface area contributed by atoms with Crippen molar-refractivity contribution in [1.29, 1.82) is 0 Å². The van der Waals surface area contributed by atoms with Gasteiger partial charge in [-0.05, 0) is 24.5 Å². The summed E-state index contributed by atoms with van der Waals surface area (Å²) >= 11 is 4.19. The normalized spacial score (nSPS) is 3.20. The molecule has 24 valence electrons. The summed E-state index contributed by atoms with van der Waals surface area (Å²) in [6, 6.07) is 0. The second-order valence-corrected chi connectivity index (χ2v) is 0.608. The number of hydrogen-bond acceptors (Lipinski definition) is 1. The molecule has 0 aliphatic carbocycles. The highest BCUT2D eigenvalue weighted by Gasteiger charge is 1.21. The van der Waals surface area contributed by atoms with E-state index in [0.29, 0.717) is 0 Å². The Labute approximate surface area is 36.1 Å². The summed E-state index contributed by atoms with van der Waals surface area (Å²) in [5.41, 5.74) is 4.62. The lowest BCUT2D eigenvalue weighted by molar-refractivity contribution is 2.46. The molecule has 0 fully saturated rings. The van der Waals surface area contributed by atoms with E-state index in [2.05, 4.69) is 35.3 Å². The molecule has 0 rings (SSSR count). The second-order valence-electron chi connectivity index (χ2n) is 0.404. The molecule has 5 heavy (non-hydrogen) atoms. The highest BCUT2D eigenvalue weighted by Crippen LogP contribution is 1.35. The molecule has 0 amide bonds. The number of rotatable bonds is 0. The van der Waals surface area contributed by atoms with E-state index in [9.17, 15) is 0 Å². The van der Waals surface area contributed by atoms with Gasteiger partial charge in [-0.2, -0.15) is 0 Å². The van der Waals surface area contributed by atoms with Crippen LogP contribution in [0.5, 0.6) is 0 Å². The second kappa shape index (κ2) is 3.43. The van der Waals surface area contributed by atoms with Crippen LogP contribution in [-0.4, -0.2) is 5.02 Å². The monoisotopic (exact) mass is 82.0 g/mol. The fourth-order valence-corrected chi connectivity index (χ4v) is 0.108. The first-order valence-electron chi connectivity index (χ1n) is 1.06. The maximum atomic E-state index is 4.19. The van der Waals surface area contributed by atoms with Crippen LogP contribution >= 0.6 is 12.2 Å². The van der Waals surface area contributed by atoms with E-state index in [-0.39, 0.29) is 0 Å². The van der Waals surface area contributed by atoms with Crippen molar-refractivity contribution in [3.8, 4) is 0 Å². The van der Waals surface area contributed by atoms with Gasteiger partial charge in [0.1, 0.15) is 0 Å². The Morgan fingerprint density at radius 1 is 1.60 bits per heavy atom. The van der Waals surface area contributed by atoms with Crippen LogP contribution in [0.4, 0.5) is 0 Å². The Morgan fingerprint density at radius 3 is 2.20 bits per heavy atom. The van der Waals surface area contributed by atoms with Crippen LogP contribution in [0.25, 0.3) is 0 Å². The summed E-state index contributed by atoms with van der Waals surface area (Å²) in [7, 11) is 0. The third-order valence-corrected chi connectivity index (χ3v) is 0.241. The number of hydrogen-bond donors (Lipinski definition) is 0. The molecule has 0 bridgehead atoms.